The summed E-state index contributed by atoms with van der Waals surface area (Å²) in [7, 11) is 0. The first-order chi connectivity index (χ1) is 5.81. The van der Waals surface area contributed by atoms with E-state index in [4.69, 9.17) is 5.11 Å². The number of aliphatic hydroxyl groups is 3. The van der Waals surface area contributed by atoms with Crippen LogP contribution in [0.3, 0.4) is 0 Å². The smallest absolute Gasteiger partial charge is 0.281 e. The van der Waals surface area contributed by atoms with Crippen molar-refractivity contribution in [1.82, 2.24) is 0 Å². The highest BCUT2D eigenvalue weighted by molar-refractivity contribution is 5.00. The van der Waals surface area contributed by atoms with Gasteiger partial charge in [-0.05, 0) is 13.3 Å². The Labute approximate surface area is 75.0 Å². The third-order valence-electron chi connectivity index (χ3n) is 2.64. The molecule has 78 valence electrons. The zero-order valence-corrected chi connectivity index (χ0v) is 7.37. The SMILES string of the molecule is CC1(O)C[C@@H](O)CC(CO)C1(F)F. The molecule has 0 aliphatic heterocycles. The Balaban J connectivity index is 2.88. The number of rotatable bonds is 1. The molecule has 1 saturated carbocycles. The van der Waals surface area contributed by atoms with Crippen molar-refractivity contribution in [3.8, 4) is 0 Å². The summed E-state index contributed by atoms with van der Waals surface area (Å²) < 4.78 is 26.6. The lowest BCUT2D eigenvalue weighted by atomic mass is 9.74. The molecule has 0 amide bonds. The molecular weight excluding hydrogens is 182 g/mol. The van der Waals surface area contributed by atoms with Crippen LogP contribution in [-0.4, -0.2) is 39.6 Å². The van der Waals surface area contributed by atoms with Gasteiger partial charge in [-0.1, -0.05) is 0 Å². The molecule has 1 fully saturated rings. The largest absolute Gasteiger partial charge is 0.396 e. The molecule has 0 aromatic heterocycles. The summed E-state index contributed by atoms with van der Waals surface area (Å²) in [4.78, 5) is 0. The Morgan fingerprint density at radius 3 is 2.46 bits per heavy atom. The van der Waals surface area contributed by atoms with Crippen LogP contribution in [0.1, 0.15) is 19.8 Å². The fraction of sp³-hybridized carbons (Fsp3) is 1.00. The Hall–Kier alpha value is -0.260. The van der Waals surface area contributed by atoms with E-state index < -0.39 is 30.2 Å². The average Bonchev–Trinajstić information content (AvgIpc) is 1.96. The van der Waals surface area contributed by atoms with Gasteiger partial charge in [0.05, 0.1) is 18.6 Å². The quantitative estimate of drug-likeness (QED) is 0.559. The van der Waals surface area contributed by atoms with Gasteiger partial charge in [0.25, 0.3) is 5.92 Å². The topological polar surface area (TPSA) is 60.7 Å². The van der Waals surface area contributed by atoms with Crippen molar-refractivity contribution < 1.29 is 24.1 Å². The fourth-order valence-corrected chi connectivity index (χ4v) is 1.78. The van der Waals surface area contributed by atoms with Gasteiger partial charge in [0.2, 0.25) is 0 Å². The second-order valence-corrected chi connectivity index (χ2v) is 3.87. The summed E-state index contributed by atoms with van der Waals surface area (Å²) in [6.45, 7) is 0.262. The van der Waals surface area contributed by atoms with Crippen LogP contribution in [0.15, 0.2) is 0 Å². The summed E-state index contributed by atoms with van der Waals surface area (Å²) in [5, 5.41) is 27.2. The van der Waals surface area contributed by atoms with Gasteiger partial charge >= 0.3 is 0 Å². The molecule has 1 aliphatic carbocycles. The molecule has 0 saturated heterocycles. The van der Waals surface area contributed by atoms with E-state index >= 15 is 0 Å². The molecule has 1 aliphatic rings. The van der Waals surface area contributed by atoms with E-state index in [1.54, 1.807) is 0 Å². The summed E-state index contributed by atoms with van der Waals surface area (Å²) in [6.07, 6.45) is -1.48. The van der Waals surface area contributed by atoms with E-state index in [1.807, 2.05) is 0 Å². The number of hydrogen-bond donors (Lipinski definition) is 3. The van der Waals surface area contributed by atoms with Crippen molar-refractivity contribution in [2.45, 2.75) is 37.4 Å². The van der Waals surface area contributed by atoms with E-state index in [1.165, 1.54) is 0 Å². The molecule has 5 heteroatoms. The molecule has 0 radical (unpaired) electrons. The molecule has 0 heterocycles. The van der Waals surface area contributed by atoms with Gasteiger partial charge in [-0.15, -0.1) is 0 Å². The first kappa shape index (κ1) is 10.8. The van der Waals surface area contributed by atoms with Crippen LogP contribution in [0, 0.1) is 5.92 Å². The molecule has 13 heavy (non-hydrogen) atoms. The zero-order valence-electron chi connectivity index (χ0n) is 7.37. The molecule has 0 aromatic carbocycles. The highest BCUT2D eigenvalue weighted by Crippen LogP contribution is 2.45. The van der Waals surface area contributed by atoms with Crippen LogP contribution in [0.2, 0.25) is 0 Å². The second-order valence-electron chi connectivity index (χ2n) is 3.87. The minimum Gasteiger partial charge on any atom is -0.396 e. The number of hydrogen-bond acceptors (Lipinski definition) is 3. The van der Waals surface area contributed by atoms with Crippen molar-refractivity contribution in [3.05, 3.63) is 0 Å². The van der Waals surface area contributed by atoms with Gasteiger partial charge in [0.1, 0.15) is 5.60 Å². The normalized spacial score (nSPS) is 44.8. The minimum atomic E-state index is -3.33. The van der Waals surface area contributed by atoms with E-state index in [0.717, 1.165) is 6.92 Å². The van der Waals surface area contributed by atoms with Crippen molar-refractivity contribution in [1.29, 1.82) is 0 Å². The van der Waals surface area contributed by atoms with Crippen molar-refractivity contribution in [2.24, 2.45) is 5.92 Å². The molecule has 0 aromatic rings. The van der Waals surface area contributed by atoms with Gasteiger partial charge in [0.15, 0.2) is 0 Å². The summed E-state index contributed by atoms with van der Waals surface area (Å²) in [6, 6.07) is 0. The second kappa shape index (κ2) is 3.15. The average molecular weight is 196 g/mol. The zero-order chi connectivity index (χ0) is 10.3. The van der Waals surface area contributed by atoms with Crippen LogP contribution >= 0.6 is 0 Å². The van der Waals surface area contributed by atoms with Crippen LogP contribution in [-0.2, 0) is 0 Å². The highest BCUT2D eigenvalue weighted by atomic mass is 19.3. The molecule has 3 nitrogen and oxygen atoms in total. The van der Waals surface area contributed by atoms with E-state index in [0.29, 0.717) is 0 Å². The Morgan fingerprint density at radius 1 is 1.46 bits per heavy atom. The van der Waals surface area contributed by atoms with Gasteiger partial charge in [-0.25, -0.2) is 8.78 Å². The van der Waals surface area contributed by atoms with Gasteiger partial charge in [0, 0.05) is 6.42 Å². The van der Waals surface area contributed by atoms with Gasteiger partial charge < -0.3 is 15.3 Å². The standard InChI is InChI=1S/C8H14F2O3/c1-7(13)3-6(12)2-5(4-11)8(7,9)10/h5-6,11-13H,2-4H2,1H3/t5?,6-,7?/m0/s1. The molecule has 3 N–H and O–H groups in total. The van der Waals surface area contributed by atoms with Crippen LogP contribution in [0.5, 0.6) is 0 Å². The summed E-state index contributed by atoms with van der Waals surface area (Å²) in [5.74, 6) is -4.69. The van der Waals surface area contributed by atoms with E-state index in [2.05, 4.69) is 0 Å². The number of alkyl halides is 2. The lowest BCUT2D eigenvalue weighted by molar-refractivity contribution is -0.246. The van der Waals surface area contributed by atoms with Crippen LogP contribution < -0.4 is 0 Å². The molecular formula is C8H14F2O3. The third kappa shape index (κ3) is 1.68. The molecule has 2 unspecified atom stereocenters. The first-order valence-corrected chi connectivity index (χ1v) is 4.20. The molecule has 0 bridgehead atoms. The van der Waals surface area contributed by atoms with Gasteiger partial charge in [-0.3, -0.25) is 0 Å². The predicted octanol–water partition coefficient (Wildman–Crippen LogP) is 0.136. The van der Waals surface area contributed by atoms with Crippen LogP contribution in [0.4, 0.5) is 8.78 Å². The fourth-order valence-electron chi connectivity index (χ4n) is 1.78. The van der Waals surface area contributed by atoms with Crippen molar-refractivity contribution in [3.63, 3.8) is 0 Å². The monoisotopic (exact) mass is 196 g/mol. The maximum absolute atomic E-state index is 13.3. The minimum absolute atomic E-state index is 0.167. The molecule has 3 atom stereocenters. The van der Waals surface area contributed by atoms with E-state index in [9.17, 15) is 19.0 Å². The Bertz CT molecular complexity index is 194. The maximum atomic E-state index is 13.3. The molecule has 0 spiro atoms. The van der Waals surface area contributed by atoms with E-state index in [-0.39, 0.29) is 12.8 Å². The lowest BCUT2D eigenvalue weighted by Gasteiger charge is -2.43. The Kier molecular flexibility index (Phi) is 2.62. The maximum Gasteiger partial charge on any atom is 0.281 e. The summed E-state index contributed by atoms with van der Waals surface area (Å²) in [5.41, 5.74) is -2.22. The third-order valence-corrected chi connectivity index (χ3v) is 2.64. The predicted molar refractivity (Wildman–Crippen MR) is 41.4 cm³/mol. The van der Waals surface area contributed by atoms with Gasteiger partial charge in [-0.2, -0.15) is 0 Å². The van der Waals surface area contributed by atoms with Crippen molar-refractivity contribution in [2.75, 3.05) is 6.61 Å². The lowest BCUT2D eigenvalue weighted by Crippen LogP contribution is -2.57. The highest BCUT2D eigenvalue weighted by Gasteiger charge is 2.58. The summed E-state index contributed by atoms with van der Waals surface area (Å²) >= 11 is 0. The number of aliphatic hydroxyl groups excluding tert-OH is 2. The first-order valence-electron chi connectivity index (χ1n) is 4.20. The Morgan fingerprint density at radius 2 is 2.00 bits per heavy atom. The van der Waals surface area contributed by atoms with Crippen molar-refractivity contribution >= 4 is 0 Å². The number of halogens is 2. The van der Waals surface area contributed by atoms with Crippen LogP contribution in [0.25, 0.3) is 0 Å². The molecule has 1 rings (SSSR count).